The number of hydrazine groups is 1. The Bertz CT molecular complexity index is 435. The van der Waals surface area contributed by atoms with Crippen molar-refractivity contribution in [1.29, 1.82) is 0 Å². The summed E-state index contributed by atoms with van der Waals surface area (Å²) < 4.78 is 0. The molecule has 0 radical (unpaired) electrons. The highest BCUT2D eigenvalue weighted by Gasteiger charge is 2.30. The van der Waals surface area contributed by atoms with E-state index >= 15 is 0 Å². The van der Waals surface area contributed by atoms with Crippen molar-refractivity contribution in [2.75, 3.05) is 12.5 Å². The monoisotopic (exact) mass is 264 g/mol. The third-order valence-corrected chi connectivity index (χ3v) is 3.66. The van der Waals surface area contributed by atoms with Crippen LogP contribution in [0.4, 0.5) is 5.69 Å². The number of carbonyl (C=O) groups is 1. The van der Waals surface area contributed by atoms with Crippen LogP contribution < -0.4 is 11.3 Å². The molecule has 1 saturated carbocycles. The van der Waals surface area contributed by atoms with Gasteiger partial charge in [-0.05, 0) is 25.0 Å². The first-order valence-electron chi connectivity index (χ1n) is 6.51. The maximum atomic E-state index is 12.3. The fourth-order valence-electron chi connectivity index (χ4n) is 2.48. The van der Waals surface area contributed by atoms with Gasteiger partial charge in [-0.15, -0.1) is 0 Å². The lowest BCUT2D eigenvalue weighted by atomic mass is 9.91. The Morgan fingerprint density at radius 3 is 2.79 bits per heavy atom. The number of carbonyl (C=O) groups excluding carboxylic acids is 1. The Morgan fingerprint density at radius 1 is 1.47 bits per heavy atom. The molecule has 1 amide bonds. The van der Waals surface area contributed by atoms with E-state index in [9.17, 15) is 9.90 Å². The Labute approximate surface area is 112 Å². The molecule has 4 N–H and O–H groups in total. The van der Waals surface area contributed by atoms with Crippen LogP contribution in [0, 0.1) is 0 Å². The zero-order valence-electron chi connectivity index (χ0n) is 11.0. The predicted molar refractivity (Wildman–Crippen MR) is 72.4 cm³/mol. The summed E-state index contributed by atoms with van der Waals surface area (Å²) in [5.74, 6) is 5.08. The lowest BCUT2D eigenvalue weighted by Crippen LogP contribution is -2.46. The van der Waals surface area contributed by atoms with E-state index < -0.39 is 6.10 Å². The fraction of sp³-hybridized carbons (Fsp3) is 0.538. The van der Waals surface area contributed by atoms with Crippen molar-refractivity contribution in [3.8, 4) is 0 Å². The first kappa shape index (κ1) is 13.8. The first-order valence-corrected chi connectivity index (χ1v) is 6.51. The van der Waals surface area contributed by atoms with Gasteiger partial charge in [0.25, 0.3) is 5.91 Å². The molecule has 0 bridgehead atoms. The van der Waals surface area contributed by atoms with Crippen LogP contribution in [0.2, 0.25) is 0 Å². The van der Waals surface area contributed by atoms with Crippen LogP contribution in [-0.2, 0) is 0 Å². The van der Waals surface area contributed by atoms with Crippen LogP contribution in [0.3, 0.4) is 0 Å². The molecule has 2 unspecified atom stereocenters. The van der Waals surface area contributed by atoms with E-state index in [4.69, 9.17) is 5.84 Å². The van der Waals surface area contributed by atoms with E-state index in [2.05, 4.69) is 10.4 Å². The van der Waals surface area contributed by atoms with Gasteiger partial charge in [-0.1, -0.05) is 12.8 Å². The second-order valence-corrected chi connectivity index (χ2v) is 4.91. The number of aliphatic hydroxyl groups excluding tert-OH is 1. The summed E-state index contributed by atoms with van der Waals surface area (Å²) in [4.78, 5) is 18.0. The molecule has 1 fully saturated rings. The van der Waals surface area contributed by atoms with E-state index in [1.165, 1.54) is 6.20 Å². The van der Waals surface area contributed by atoms with Crippen molar-refractivity contribution in [3.63, 3.8) is 0 Å². The lowest BCUT2D eigenvalue weighted by molar-refractivity contribution is 0.0264. The summed E-state index contributed by atoms with van der Waals surface area (Å²) >= 11 is 0. The Hall–Kier alpha value is -1.66. The fourth-order valence-corrected chi connectivity index (χ4v) is 2.48. The SMILES string of the molecule is CN(C(=O)c1ccc(NN)cn1)C1CCCCC1O. The van der Waals surface area contributed by atoms with Gasteiger partial charge in [0.1, 0.15) is 5.69 Å². The number of amides is 1. The molecule has 1 aliphatic rings. The van der Waals surface area contributed by atoms with Gasteiger partial charge in [0, 0.05) is 7.05 Å². The number of nitrogens with two attached hydrogens (primary N) is 1. The zero-order chi connectivity index (χ0) is 13.8. The Balaban J connectivity index is 2.08. The summed E-state index contributed by atoms with van der Waals surface area (Å²) in [6.45, 7) is 0. The molecule has 6 heteroatoms. The van der Waals surface area contributed by atoms with Crippen LogP contribution in [0.15, 0.2) is 18.3 Å². The molecule has 104 valence electrons. The minimum absolute atomic E-state index is 0.115. The van der Waals surface area contributed by atoms with Gasteiger partial charge in [-0.3, -0.25) is 10.6 Å². The molecule has 1 heterocycles. The normalized spacial score (nSPS) is 22.9. The molecule has 2 rings (SSSR count). The molecule has 2 atom stereocenters. The number of hydrogen-bond acceptors (Lipinski definition) is 5. The number of aromatic nitrogens is 1. The van der Waals surface area contributed by atoms with Gasteiger partial charge in [0.2, 0.25) is 0 Å². The maximum absolute atomic E-state index is 12.3. The predicted octanol–water partition coefficient (Wildman–Crippen LogP) is 0.743. The van der Waals surface area contributed by atoms with Crippen molar-refractivity contribution in [2.45, 2.75) is 37.8 Å². The van der Waals surface area contributed by atoms with Crippen molar-refractivity contribution in [2.24, 2.45) is 5.84 Å². The van der Waals surface area contributed by atoms with Crippen molar-refractivity contribution >= 4 is 11.6 Å². The molecule has 19 heavy (non-hydrogen) atoms. The van der Waals surface area contributed by atoms with Crippen molar-refractivity contribution in [3.05, 3.63) is 24.0 Å². The van der Waals surface area contributed by atoms with Crippen LogP contribution in [0.25, 0.3) is 0 Å². The highest BCUT2D eigenvalue weighted by atomic mass is 16.3. The molecule has 0 saturated heterocycles. The van der Waals surface area contributed by atoms with Crippen molar-refractivity contribution < 1.29 is 9.90 Å². The lowest BCUT2D eigenvalue weighted by Gasteiger charge is -2.35. The first-order chi connectivity index (χ1) is 9.13. The average molecular weight is 264 g/mol. The minimum Gasteiger partial charge on any atom is -0.391 e. The van der Waals surface area contributed by atoms with E-state index in [0.717, 1.165) is 25.7 Å². The van der Waals surface area contributed by atoms with Crippen LogP contribution in [0.5, 0.6) is 0 Å². The average Bonchev–Trinajstić information content (AvgIpc) is 2.46. The Kier molecular flexibility index (Phi) is 4.34. The molecule has 0 aromatic carbocycles. The van der Waals surface area contributed by atoms with Gasteiger partial charge in [0.15, 0.2) is 0 Å². The molecule has 1 aromatic rings. The topological polar surface area (TPSA) is 91.5 Å². The van der Waals surface area contributed by atoms with Gasteiger partial charge in [-0.2, -0.15) is 0 Å². The molecular weight excluding hydrogens is 244 g/mol. The molecule has 0 spiro atoms. The molecule has 1 aliphatic carbocycles. The summed E-state index contributed by atoms with van der Waals surface area (Å²) in [7, 11) is 1.72. The number of anilines is 1. The molecule has 6 nitrogen and oxygen atoms in total. The van der Waals surface area contributed by atoms with Crippen LogP contribution in [0.1, 0.15) is 36.2 Å². The number of nitrogens with zero attached hydrogens (tertiary/aromatic N) is 2. The quantitative estimate of drug-likeness (QED) is 0.553. The standard InChI is InChI=1S/C13H20N4O2/c1-17(11-4-2-3-5-12(11)18)13(19)10-7-6-9(16-14)8-15-10/h6-8,11-12,16,18H,2-5,14H2,1H3. The second-order valence-electron chi connectivity index (χ2n) is 4.91. The van der Waals surface area contributed by atoms with Gasteiger partial charge < -0.3 is 15.4 Å². The van der Waals surface area contributed by atoms with Gasteiger partial charge >= 0.3 is 0 Å². The number of rotatable bonds is 3. The number of nitrogens with one attached hydrogen (secondary N) is 1. The van der Waals surface area contributed by atoms with Gasteiger partial charge in [0.05, 0.1) is 24.0 Å². The molecule has 1 aromatic heterocycles. The van der Waals surface area contributed by atoms with E-state index in [-0.39, 0.29) is 11.9 Å². The number of pyridine rings is 1. The van der Waals surface area contributed by atoms with E-state index in [1.807, 2.05) is 0 Å². The van der Waals surface area contributed by atoms with E-state index in [1.54, 1.807) is 24.1 Å². The highest BCUT2D eigenvalue weighted by molar-refractivity contribution is 5.92. The van der Waals surface area contributed by atoms with Crippen LogP contribution >= 0.6 is 0 Å². The molecule has 0 aliphatic heterocycles. The third-order valence-electron chi connectivity index (χ3n) is 3.66. The molecular formula is C13H20N4O2. The van der Waals surface area contributed by atoms with Gasteiger partial charge in [-0.25, -0.2) is 4.98 Å². The van der Waals surface area contributed by atoms with Crippen molar-refractivity contribution in [1.82, 2.24) is 9.88 Å². The van der Waals surface area contributed by atoms with Crippen LogP contribution in [-0.4, -0.2) is 40.1 Å². The number of hydrogen-bond donors (Lipinski definition) is 3. The summed E-state index contributed by atoms with van der Waals surface area (Å²) in [5, 5.41) is 9.98. The second kappa shape index (κ2) is 5.99. The smallest absolute Gasteiger partial charge is 0.272 e. The third kappa shape index (κ3) is 3.02. The summed E-state index contributed by atoms with van der Waals surface area (Å²) in [6, 6.07) is 3.21. The summed E-state index contributed by atoms with van der Waals surface area (Å²) in [5.41, 5.74) is 3.48. The minimum atomic E-state index is -0.437. The number of nitrogen functional groups attached to an aromatic ring is 1. The largest absolute Gasteiger partial charge is 0.391 e. The summed E-state index contributed by atoms with van der Waals surface area (Å²) in [6.07, 6.45) is 4.74. The Morgan fingerprint density at radius 2 is 2.21 bits per heavy atom. The zero-order valence-corrected chi connectivity index (χ0v) is 11.0. The number of aliphatic hydroxyl groups is 1. The highest BCUT2D eigenvalue weighted by Crippen LogP contribution is 2.23. The number of likely N-dealkylation sites (N-methyl/N-ethyl adjacent to an activating group) is 1. The van der Waals surface area contributed by atoms with E-state index in [0.29, 0.717) is 11.4 Å². The maximum Gasteiger partial charge on any atom is 0.272 e.